The Kier molecular flexibility index (Phi) is 3.79. The molecule has 1 saturated carbocycles. The third kappa shape index (κ3) is 2.86. The predicted molar refractivity (Wildman–Crippen MR) is 67.0 cm³/mol. The van der Waals surface area contributed by atoms with Crippen molar-refractivity contribution in [2.75, 3.05) is 0 Å². The summed E-state index contributed by atoms with van der Waals surface area (Å²) in [4.78, 5) is 10.7. The van der Waals surface area contributed by atoms with Gasteiger partial charge in [0.25, 0.3) is 0 Å². The van der Waals surface area contributed by atoms with E-state index < -0.39 is 5.97 Å². The van der Waals surface area contributed by atoms with Gasteiger partial charge in [0.2, 0.25) is 0 Å². The van der Waals surface area contributed by atoms with Gasteiger partial charge < -0.3 is 10.4 Å². The van der Waals surface area contributed by atoms with Crippen molar-refractivity contribution in [3.63, 3.8) is 0 Å². The van der Waals surface area contributed by atoms with Gasteiger partial charge in [0.15, 0.2) is 0 Å². The Morgan fingerprint density at radius 2 is 2.06 bits per heavy atom. The normalized spacial score (nSPS) is 23.1. The molecule has 0 radical (unpaired) electrons. The van der Waals surface area contributed by atoms with E-state index in [1.807, 2.05) is 12.1 Å². The molecule has 2 atom stereocenters. The van der Waals surface area contributed by atoms with Gasteiger partial charge in [0.05, 0.1) is 5.56 Å². The van der Waals surface area contributed by atoms with Crippen molar-refractivity contribution in [2.24, 2.45) is 5.92 Å². The molecule has 3 heteroatoms. The smallest absolute Gasteiger partial charge is 0.335 e. The monoisotopic (exact) mass is 233 g/mol. The highest BCUT2D eigenvalue weighted by Gasteiger charge is 2.28. The van der Waals surface area contributed by atoms with E-state index in [0.29, 0.717) is 11.6 Å². The minimum atomic E-state index is -0.866. The second-order valence-corrected chi connectivity index (χ2v) is 4.74. The second-order valence-electron chi connectivity index (χ2n) is 4.74. The molecule has 0 saturated heterocycles. The van der Waals surface area contributed by atoms with Crippen molar-refractivity contribution in [1.29, 1.82) is 0 Å². The number of benzene rings is 1. The lowest BCUT2D eigenvalue weighted by molar-refractivity contribution is 0.0697. The van der Waals surface area contributed by atoms with Gasteiger partial charge >= 0.3 is 5.97 Å². The molecule has 0 heterocycles. The number of carboxylic acid groups (broad SMARTS) is 1. The third-order valence-electron chi connectivity index (χ3n) is 3.71. The van der Waals surface area contributed by atoms with E-state index in [1.165, 1.54) is 19.3 Å². The molecule has 0 amide bonds. The maximum atomic E-state index is 10.7. The fraction of sp³-hybridized carbons (Fsp3) is 0.500. The van der Waals surface area contributed by atoms with Crippen LogP contribution < -0.4 is 5.32 Å². The maximum Gasteiger partial charge on any atom is 0.335 e. The van der Waals surface area contributed by atoms with Crippen LogP contribution in [-0.2, 0) is 6.54 Å². The van der Waals surface area contributed by atoms with E-state index in [2.05, 4.69) is 12.2 Å². The van der Waals surface area contributed by atoms with Crippen LogP contribution in [0.5, 0.6) is 0 Å². The van der Waals surface area contributed by atoms with E-state index >= 15 is 0 Å². The molecule has 1 aromatic rings. The molecule has 1 aliphatic carbocycles. The summed E-state index contributed by atoms with van der Waals surface area (Å²) < 4.78 is 0. The van der Waals surface area contributed by atoms with Gasteiger partial charge in [0.1, 0.15) is 0 Å². The van der Waals surface area contributed by atoms with Crippen LogP contribution in [0, 0.1) is 5.92 Å². The highest BCUT2D eigenvalue weighted by molar-refractivity contribution is 5.87. The average Bonchev–Trinajstić information content (AvgIpc) is 2.29. The fourth-order valence-electron chi connectivity index (χ4n) is 2.34. The molecule has 0 aliphatic heterocycles. The third-order valence-corrected chi connectivity index (χ3v) is 3.71. The number of carbonyl (C=O) groups is 1. The summed E-state index contributed by atoms with van der Waals surface area (Å²) in [6, 6.07) is 7.75. The SMILES string of the molecule is CCC1CCC1NCc1ccc(C(=O)O)cc1. The summed E-state index contributed by atoms with van der Waals surface area (Å²) in [7, 11) is 0. The average molecular weight is 233 g/mol. The van der Waals surface area contributed by atoms with Crippen LogP contribution in [0.4, 0.5) is 0 Å². The Morgan fingerprint density at radius 1 is 1.35 bits per heavy atom. The van der Waals surface area contributed by atoms with Gasteiger partial charge in [-0.25, -0.2) is 4.79 Å². The van der Waals surface area contributed by atoms with E-state index in [0.717, 1.165) is 18.0 Å². The van der Waals surface area contributed by atoms with Gasteiger partial charge in [-0.2, -0.15) is 0 Å². The molecule has 2 N–H and O–H groups in total. The molecule has 2 rings (SSSR count). The van der Waals surface area contributed by atoms with Crippen molar-refractivity contribution in [2.45, 2.75) is 38.8 Å². The molecule has 0 aromatic heterocycles. The van der Waals surface area contributed by atoms with Gasteiger partial charge in [-0.1, -0.05) is 25.5 Å². The van der Waals surface area contributed by atoms with Gasteiger partial charge in [-0.3, -0.25) is 0 Å². The molecule has 1 aromatic carbocycles. The van der Waals surface area contributed by atoms with E-state index in [1.54, 1.807) is 12.1 Å². The second kappa shape index (κ2) is 5.32. The Morgan fingerprint density at radius 3 is 2.53 bits per heavy atom. The highest BCUT2D eigenvalue weighted by Crippen LogP contribution is 2.30. The van der Waals surface area contributed by atoms with Crippen molar-refractivity contribution < 1.29 is 9.90 Å². The van der Waals surface area contributed by atoms with Gasteiger partial charge in [-0.05, 0) is 36.5 Å². The quantitative estimate of drug-likeness (QED) is 0.822. The van der Waals surface area contributed by atoms with E-state index in [-0.39, 0.29) is 0 Å². The highest BCUT2D eigenvalue weighted by atomic mass is 16.4. The summed E-state index contributed by atoms with van der Waals surface area (Å²) in [5.41, 5.74) is 1.50. The lowest BCUT2D eigenvalue weighted by Gasteiger charge is -2.36. The van der Waals surface area contributed by atoms with Crippen molar-refractivity contribution in [1.82, 2.24) is 5.32 Å². The number of rotatable bonds is 5. The lowest BCUT2D eigenvalue weighted by atomic mass is 9.78. The Labute approximate surface area is 102 Å². The van der Waals surface area contributed by atoms with Crippen LogP contribution in [0.15, 0.2) is 24.3 Å². The zero-order valence-corrected chi connectivity index (χ0v) is 10.1. The minimum Gasteiger partial charge on any atom is -0.478 e. The van der Waals surface area contributed by atoms with E-state index in [9.17, 15) is 4.79 Å². The first-order valence-electron chi connectivity index (χ1n) is 6.26. The fourth-order valence-corrected chi connectivity index (χ4v) is 2.34. The summed E-state index contributed by atoms with van der Waals surface area (Å²) in [6.45, 7) is 3.07. The molecule has 3 nitrogen and oxygen atoms in total. The first-order chi connectivity index (χ1) is 8.20. The molecule has 92 valence electrons. The lowest BCUT2D eigenvalue weighted by Crippen LogP contribution is -2.43. The molecule has 1 fully saturated rings. The summed E-state index contributed by atoms with van der Waals surface area (Å²) in [5.74, 6) is -0.0390. The van der Waals surface area contributed by atoms with Crippen molar-refractivity contribution in [3.8, 4) is 0 Å². The van der Waals surface area contributed by atoms with Crippen LogP contribution in [-0.4, -0.2) is 17.1 Å². The summed E-state index contributed by atoms with van der Waals surface area (Å²) in [6.07, 6.45) is 3.85. The number of aromatic carboxylic acids is 1. The van der Waals surface area contributed by atoms with Crippen molar-refractivity contribution >= 4 is 5.97 Å². The molecule has 0 spiro atoms. The number of hydrogen-bond acceptors (Lipinski definition) is 2. The Balaban J connectivity index is 1.85. The largest absolute Gasteiger partial charge is 0.478 e. The molecular weight excluding hydrogens is 214 g/mol. The van der Waals surface area contributed by atoms with Crippen LogP contribution in [0.1, 0.15) is 42.1 Å². The van der Waals surface area contributed by atoms with Gasteiger partial charge in [0, 0.05) is 12.6 Å². The topological polar surface area (TPSA) is 49.3 Å². The molecular formula is C14H19NO2. The Hall–Kier alpha value is -1.35. The first kappa shape index (κ1) is 12.1. The first-order valence-corrected chi connectivity index (χ1v) is 6.26. The predicted octanol–water partition coefficient (Wildman–Crippen LogP) is 2.66. The number of nitrogens with one attached hydrogen (secondary N) is 1. The number of hydrogen-bond donors (Lipinski definition) is 2. The number of carboxylic acids is 1. The van der Waals surface area contributed by atoms with Crippen molar-refractivity contribution in [3.05, 3.63) is 35.4 Å². The standard InChI is InChI=1S/C14H19NO2/c1-2-11-7-8-13(11)15-9-10-3-5-12(6-4-10)14(16)17/h3-6,11,13,15H,2,7-9H2,1H3,(H,16,17). The van der Waals surface area contributed by atoms with Crippen LogP contribution >= 0.6 is 0 Å². The zero-order valence-electron chi connectivity index (χ0n) is 10.1. The van der Waals surface area contributed by atoms with Gasteiger partial charge in [-0.15, -0.1) is 0 Å². The molecule has 1 aliphatic rings. The summed E-state index contributed by atoms with van der Waals surface area (Å²) in [5, 5.41) is 12.3. The maximum absolute atomic E-state index is 10.7. The molecule has 0 bridgehead atoms. The summed E-state index contributed by atoms with van der Waals surface area (Å²) >= 11 is 0. The van der Waals surface area contributed by atoms with Crippen LogP contribution in [0.2, 0.25) is 0 Å². The van der Waals surface area contributed by atoms with Crippen LogP contribution in [0.25, 0.3) is 0 Å². The Bertz CT molecular complexity index is 384. The zero-order chi connectivity index (χ0) is 12.3. The van der Waals surface area contributed by atoms with Crippen LogP contribution in [0.3, 0.4) is 0 Å². The van der Waals surface area contributed by atoms with E-state index in [4.69, 9.17) is 5.11 Å². The molecule has 2 unspecified atom stereocenters. The minimum absolute atomic E-state index is 0.351. The molecule has 17 heavy (non-hydrogen) atoms.